The number of hydrogen-bond acceptors (Lipinski definition) is 3. The van der Waals surface area contributed by atoms with Gasteiger partial charge in [0.15, 0.2) is 0 Å². The molecule has 1 atom stereocenters. The molecule has 18 heavy (non-hydrogen) atoms. The Morgan fingerprint density at radius 2 is 2.22 bits per heavy atom. The summed E-state index contributed by atoms with van der Waals surface area (Å²) in [7, 11) is 1.56. The zero-order chi connectivity index (χ0) is 14.0. The molecule has 0 aliphatic rings. The molecule has 0 fully saturated rings. The van der Waals surface area contributed by atoms with Crippen LogP contribution in [0, 0.1) is 0 Å². The number of amides is 2. The van der Waals surface area contributed by atoms with E-state index in [1.165, 1.54) is 11.0 Å². The van der Waals surface area contributed by atoms with Crippen molar-refractivity contribution in [3.8, 4) is 0 Å². The van der Waals surface area contributed by atoms with Gasteiger partial charge in [0.1, 0.15) is 6.54 Å². The molecule has 0 radical (unpaired) electrons. The summed E-state index contributed by atoms with van der Waals surface area (Å²) in [5.41, 5.74) is 0. The topological polar surface area (TPSA) is 78.9 Å². The lowest BCUT2D eigenvalue weighted by Crippen LogP contribution is -2.48. The monoisotopic (exact) mass is 258 g/mol. The van der Waals surface area contributed by atoms with E-state index in [0.717, 1.165) is 12.8 Å². The SMILES string of the molecule is C=CCN(CC(=O)O)C(=O)NC(CCC)COC. The van der Waals surface area contributed by atoms with Crippen molar-refractivity contribution in [1.29, 1.82) is 0 Å². The molecule has 1 unspecified atom stereocenters. The van der Waals surface area contributed by atoms with Crippen LogP contribution in [0.4, 0.5) is 4.79 Å². The molecule has 0 aliphatic carbocycles. The average Bonchev–Trinajstić information content (AvgIpc) is 2.28. The van der Waals surface area contributed by atoms with Gasteiger partial charge in [0.25, 0.3) is 0 Å². The Morgan fingerprint density at radius 1 is 1.56 bits per heavy atom. The maximum atomic E-state index is 11.9. The average molecular weight is 258 g/mol. The Balaban J connectivity index is 4.44. The van der Waals surface area contributed by atoms with Crippen LogP contribution in [0.25, 0.3) is 0 Å². The number of nitrogens with one attached hydrogen (secondary N) is 1. The molecule has 0 rings (SSSR count). The predicted octanol–water partition coefficient (Wildman–Crippen LogP) is 1.08. The first-order chi connectivity index (χ1) is 8.54. The molecule has 6 heteroatoms. The molecule has 0 aromatic carbocycles. The highest BCUT2D eigenvalue weighted by molar-refractivity contribution is 5.80. The number of hydrogen-bond donors (Lipinski definition) is 2. The van der Waals surface area contributed by atoms with E-state index in [2.05, 4.69) is 11.9 Å². The minimum atomic E-state index is -1.05. The van der Waals surface area contributed by atoms with Crippen LogP contribution in [0.15, 0.2) is 12.7 Å². The van der Waals surface area contributed by atoms with Crippen LogP contribution >= 0.6 is 0 Å². The van der Waals surface area contributed by atoms with E-state index in [0.29, 0.717) is 6.61 Å². The molecule has 0 aromatic heterocycles. The van der Waals surface area contributed by atoms with E-state index in [4.69, 9.17) is 9.84 Å². The van der Waals surface area contributed by atoms with Crippen molar-refractivity contribution in [2.75, 3.05) is 26.8 Å². The van der Waals surface area contributed by atoms with Gasteiger partial charge in [-0.05, 0) is 6.42 Å². The van der Waals surface area contributed by atoms with Gasteiger partial charge < -0.3 is 20.1 Å². The van der Waals surface area contributed by atoms with E-state index >= 15 is 0 Å². The minimum absolute atomic E-state index is 0.103. The molecule has 6 nitrogen and oxygen atoms in total. The van der Waals surface area contributed by atoms with Crippen molar-refractivity contribution in [3.63, 3.8) is 0 Å². The Kier molecular flexibility index (Phi) is 8.65. The number of nitrogens with zero attached hydrogens (tertiary/aromatic N) is 1. The minimum Gasteiger partial charge on any atom is -0.480 e. The molecule has 2 amide bonds. The summed E-state index contributed by atoms with van der Waals surface area (Å²) in [5.74, 6) is -1.05. The van der Waals surface area contributed by atoms with Crippen molar-refractivity contribution in [2.45, 2.75) is 25.8 Å². The molecule has 0 saturated carbocycles. The largest absolute Gasteiger partial charge is 0.480 e. The zero-order valence-electron chi connectivity index (χ0n) is 11.0. The van der Waals surface area contributed by atoms with Crippen LogP contribution in [0.3, 0.4) is 0 Å². The molecule has 0 aromatic rings. The summed E-state index contributed by atoms with van der Waals surface area (Å²) >= 11 is 0. The summed E-state index contributed by atoms with van der Waals surface area (Å²) in [6.45, 7) is 5.78. The van der Waals surface area contributed by atoms with E-state index in [9.17, 15) is 9.59 Å². The number of urea groups is 1. The van der Waals surface area contributed by atoms with E-state index < -0.39 is 12.0 Å². The lowest BCUT2D eigenvalue weighted by atomic mass is 10.2. The second-order valence-corrected chi connectivity index (χ2v) is 3.95. The fourth-order valence-corrected chi connectivity index (χ4v) is 1.55. The van der Waals surface area contributed by atoms with Gasteiger partial charge in [-0.25, -0.2) is 4.79 Å². The van der Waals surface area contributed by atoms with Crippen molar-refractivity contribution in [1.82, 2.24) is 10.2 Å². The molecule has 0 aliphatic heterocycles. The summed E-state index contributed by atoms with van der Waals surface area (Å²) in [6.07, 6.45) is 3.19. The van der Waals surface area contributed by atoms with Gasteiger partial charge in [-0.2, -0.15) is 0 Å². The number of aliphatic carboxylic acids is 1. The maximum Gasteiger partial charge on any atom is 0.323 e. The Hall–Kier alpha value is -1.56. The lowest BCUT2D eigenvalue weighted by molar-refractivity contribution is -0.137. The maximum absolute atomic E-state index is 11.9. The molecular formula is C12H22N2O4. The highest BCUT2D eigenvalue weighted by atomic mass is 16.5. The van der Waals surface area contributed by atoms with E-state index in [1.54, 1.807) is 7.11 Å². The Bertz CT molecular complexity index is 275. The van der Waals surface area contributed by atoms with Gasteiger partial charge in [0, 0.05) is 13.7 Å². The van der Waals surface area contributed by atoms with Gasteiger partial charge in [0.2, 0.25) is 0 Å². The highest BCUT2D eigenvalue weighted by Gasteiger charge is 2.18. The van der Waals surface area contributed by atoms with E-state index in [1.807, 2.05) is 6.92 Å². The number of carbonyl (C=O) groups is 2. The van der Waals surface area contributed by atoms with Crippen LogP contribution in [-0.2, 0) is 9.53 Å². The number of carbonyl (C=O) groups excluding carboxylic acids is 1. The molecule has 0 heterocycles. The molecule has 0 spiro atoms. The first kappa shape index (κ1) is 16.4. The van der Waals surface area contributed by atoms with Crippen LogP contribution in [0.1, 0.15) is 19.8 Å². The molecule has 2 N–H and O–H groups in total. The fourth-order valence-electron chi connectivity index (χ4n) is 1.55. The van der Waals surface area contributed by atoms with Crippen LogP contribution in [0.5, 0.6) is 0 Å². The number of rotatable bonds is 9. The van der Waals surface area contributed by atoms with Crippen molar-refractivity contribution in [2.24, 2.45) is 0 Å². The second-order valence-electron chi connectivity index (χ2n) is 3.95. The van der Waals surface area contributed by atoms with Gasteiger partial charge in [-0.15, -0.1) is 6.58 Å². The third-order valence-corrected chi connectivity index (χ3v) is 2.30. The van der Waals surface area contributed by atoms with E-state index in [-0.39, 0.29) is 19.1 Å². The summed E-state index contributed by atoms with van der Waals surface area (Å²) in [6, 6.07) is -0.513. The van der Waals surface area contributed by atoms with Gasteiger partial charge in [-0.1, -0.05) is 19.4 Å². The smallest absolute Gasteiger partial charge is 0.323 e. The Morgan fingerprint density at radius 3 is 2.67 bits per heavy atom. The van der Waals surface area contributed by atoms with Crippen LogP contribution in [0.2, 0.25) is 0 Å². The second kappa shape index (κ2) is 9.47. The molecule has 104 valence electrons. The number of ether oxygens (including phenoxy) is 1. The van der Waals surface area contributed by atoms with Gasteiger partial charge in [-0.3, -0.25) is 4.79 Å². The van der Waals surface area contributed by atoms with Gasteiger partial charge >= 0.3 is 12.0 Å². The molecular weight excluding hydrogens is 236 g/mol. The van der Waals surface area contributed by atoms with Crippen LogP contribution in [-0.4, -0.2) is 54.9 Å². The number of carboxylic acid groups (broad SMARTS) is 1. The lowest BCUT2D eigenvalue weighted by Gasteiger charge is -2.24. The zero-order valence-corrected chi connectivity index (χ0v) is 11.0. The van der Waals surface area contributed by atoms with Crippen LogP contribution < -0.4 is 5.32 Å². The summed E-state index contributed by atoms with van der Waals surface area (Å²) in [5, 5.41) is 11.5. The molecule has 0 bridgehead atoms. The third-order valence-electron chi connectivity index (χ3n) is 2.30. The predicted molar refractivity (Wildman–Crippen MR) is 68.5 cm³/mol. The summed E-state index contributed by atoms with van der Waals surface area (Å²) in [4.78, 5) is 23.7. The van der Waals surface area contributed by atoms with Crippen molar-refractivity contribution < 1.29 is 19.4 Å². The Labute approximate surface area is 108 Å². The standard InChI is InChI=1S/C12H22N2O4/c1-4-6-10(9-18-3)13-12(17)14(7-5-2)8-11(15)16/h5,10H,2,4,6-9H2,1,3H3,(H,13,17)(H,15,16). The summed E-state index contributed by atoms with van der Waals surface area (Å²) < 4.78 is 5.01. The van der Waals surface area contributed by atoms with Crippen molar-refractivity contribution >= 4 is 12.0 Å². The number of methoxy groups -OCH3 is 1. The number of carboxylic acids is 1. The highest BCUT2D eigenvalue weighted by Crippen LogP contribution is 1.99. The first-order valence-electron chi connectivity index (χ1n) is 5.92. The fraction of sp³-hybridized carbons (Fsp3) is 0.667. The third kappa shape index (κ3) is 6.90. The first-order valence-corrected chi connectivity index (χ1v) is 5.92. The normalized spacial score (nSPS) is 11.7. The quantitative estimate of drug-likeness (QED) is 0.607. The van der Waals surface area contributed by atoms with Crippen molar-refractivity contribution in [3.05, 3.63) is 12.7 Å². The molecule has 0 saturated heterocycles. The van der Waals surface area contributed by atoms with Gasteiger partial charge in [0.05, 0.1) is 12.6 Å².